The van der Waals surface area contributed by atoms with Crippen LogP contribution in [0.3, 0.4) is 0 Å². The van der Waals surface area contributed by atoms with Crippen LogP contribution < -0.4 is 0 Å². The molecular formula is C12H9N7. The first kappa shape index (κ1) is 11.2. The molecule has 3 rings (SSSR count). The average molecular weight is 251 g/mol. The summed E-state index contributed by atoms with van der Waals surface area (Å²) in [5.74, 6) is 0.620. The van der Waals surface area contributed by atoms with Crippen molar-refractivity contribution in [3.63, 3.8) is 0 Å². The van der Waals surface area contributed by atoms with E-state index < -0.39 is 0 Å². The summed E-state index contributed by atoms with van der Waals surface area (Å²) in [6, 6.07) is 5.97. The minimum absolute atomic E-state index is 0.204. The Bertz CT molecular complexity index is 799. The van der Waals surface area contributed by atoms with Crippen molar-refractivity contribution in [3.8, 4) is 5.82 Å². The highest BCUT2D eigenvalue weighted by Crippen LogP contribution is 2.23. The minimum atomic E-state index is 0.204. The molecule has 0 saturated carbocycles. The molecule has 0 aliphatic carbocycles. The molecule has 0 N–H and O–H groups in total. The number of hydrogen-bond donors (Lipinski definition) is 0. The molecule has 0 bridgehead atoms. The average Bonchev–Trinajstić information content (AvgIpc) is 2.82. The molecule has 92 valence electrons. The summed E-state index contributed by atoms with van der Waals surface area (Å²) >= 11 is 0. The third kappa shape index (κ3) is 1.88. The predicted molar refractivity (Wildman–Crippen MR) is 70.2 cm³/mol. The summed E-state index contributed by atoms with van der Waals surface area (Å²) in [5.41, 5.74) is 10.6. The fourth-order valence-corrected chi connectivity index (χ4v) is 1.91. The van der Waals surface area contributed by atoms with Crippen molar-refractivity contribution in [3.05, 3.63) is 52.8 Å². The molecule has 0 saturated heterocycles. The number of aromatic nitrogens is 4. The van der Waals surface area contributed by atoms with Crippen LogP contribution in [0.5, 0.6) is 0 Å². The zero-order chi connectivity index (χ0) is 13.2. The Kier molecular flexibility index (Phi) is 2.59. The number of azide groups is 1. The number of rotatable bonds is 2. The molecule has 7 heteroatoms. The van der Waals surface area contributed by atoms with Crippen molar-refractivity contribution in [2.24, 2.45) is 5.11 Å². The maximum Gasteiger partial charge on any atom is 0.182 e. The van der Waals surface area contributed by atoms with E-state index in [4.69, 9.17) is 5.53 Å². The molecule has 19 heavy (non-hydrogen) atoms. The first-order valence-corrected chi connectivity index (χ1v) is 5.60. The van der Waals surface area contributed by atoms with Gasteiger partial charge >= 0.3 is 0 Å². The number of aryl methyl sites for hydroxylation is 1. The van der Waals surface area contributed by atoms with Crippen LogP contribution in [0.15, 0.2) is 41.9 Å². The van der Waals surface area contributed by atoms with Crippen LogP contribution in [-0.2, 0) is 0 Å². The van der Waals surface area contributed by atoms with E-state index in [2.05, 4.69) is 25.1 Å². The van der Waals surface area contributed by atoms with Crippen molar-refractivity contribution in [1.82, 2.24) is 19.7 Å². The molecule has 7 nitrogen and oxygen atoms in total. The lowest BCUT2D eigenvalue weighted by Crippen LogP contribution is -2.00. The number of hydrogen-bond acceptors (Lipinski definition) is 4. The first-order chi connectivity index (χ1) is 9.29. The number of benzene rings is 1. The zero-order valence-corrected chi connectivity index (χ0v) is 10.1. The van der Waals surface area contributed by atoms with Crippen molar-refractivity contribution < 1.29 is 0 Å². The quantitative estimate of drug-likeness (QED) is 0.398. The van der Waals surface area contributed by atoms with Crippen molar-refractivity contribution in [2.75, 3.05) is 0 Å². The van der Waals surface area contributed by atoms with E-state index >= 15 is 0 Å². The van der Waals surface area contributed by atoms with Crippen molar-refractivity contribution in [2.45, 2.75) is 6.92 Å². The molecule has 0 spiro atoms. The third-order valence-electron chi connectivity index (χ3n) is 2.72. The lowest BCUT2D eigenvalue weighted by atomic mass is 10.2. The Hall–Kier alpha value is -2.92. The van der Waals surface area contributed by atoms with E-state index in [1.165, 1.54) is 12.4 Å². The van der Waals surface area contributed by atoms with E-state index in [0.29, 0.717) is 5.82 Å². The lowest BCUT2D eigenvalue weighted by Gasteiger charge is -2.04. The summed E-state index contributed by atoms with van der Waals surface area (Å²) in [6.45, 7) is 2.02. The molecule has 0 aliphatic rings. The molecule has 0 fully saturated rings. The van der Waals surface area contributed by atoms with E-state index in [0.717, 1.165) is 16.5 Å². The van der Waals surface area contributed by atoms with Crippen LogP contribution in [0.2, 0.25) is 0 Å². The Morgan fingerprint density at radius 1 is 1.26 bits per heavy atom. The van der Waals surface area contributed by atoms with E-state index in [1.807, 2.05) is 25.1 Å². The highest BCUT2D eigenvalue weighted by molar-refractivity contribution is 5.81. The van der Waals surface area contributed by atoms with Gasteiger partial charge in [-0.15, -0.1) is 0 Å². The second kappa shape index (κ2) is 4.40. The summed E-state index contributed by atoms with van der Waals surface area (Å²) in [6.07, 6.45) is 4.76. The fourth-order valence-electron chi connectivity index (χ4n) is 1.91. The van der Waals surface area contributed by atoms with Crippen LogP contribution >= 0.6 is 0 Å². The smallest absolute Gasteiger partial charge is 0.182 e. The summed E-state index contributed by atoms with van der Waals surface area (Å²) in [7, 11) is 0. The highest BCUT2D eigenvalue weighted by Gasteiger charge is 2.10. The van der Waals surface area contributed by atoms with Gasteiger partial charge in [-0.3, -0.25) is 0 Å². The van der Waals surface area contributed by atoms with Gasteiger partial charge in [0.2, 0.25) is 0 Å². The molecule has 1 aromatic carbocycles. The Balaban J connectivity index is 2.28. The van der Waals surface area contributed by atoms with Gasteiger partial charge < -0.3 is 0 Å². The van der Waals surface area contributed by atoms with Gasteiger partial charge in [-0.1, -0.05) is 11.6 Å². The van der Waals surface area contributed by atoms with Gasteiger partial charge in [-0.2, -0.15) is 5.10 Å². The molecule has 0 atom stereocenters. The topological polar surface area (TPSA) is 92.4 Å². The Labute approximate surface area is 108 Å². The van der Waals surface area contributed by atoms with Crippen LogP contribution in [0.25, 0.3) is 27.2 Å². The van der Waals surface area contributed by atoms with Gasteiger partial charge in [0.25, 0.3) is 0 Å². The number of fused-ring (bicyclic) bond motifs is 1. The monoisotopic (exact) mass is 251 g/mol. The largest absolute Gasteiger partial charge is 0.249 e. The van der Waals surface area contributed by atoms with Gasteiger partial charge in [0.15, 0.2) is 11.6 Å². The van der Waals surface area contributed by atoms with E-state index in [-0.39, 0.29) is 5.82 Å². The SMILES string of the molecule is Cc1ccc2c(cnn2-c2nccnc2N=[N+]=[N-])c1. The normalized spacial score (nSPS) is 10.4. The minimum Gasteiger partial charge on any atom is -0.249 e. The second-order valence-electron chi connectivity index (χ2n) is 4.01. The summed E-state index contributed by atoms with van der Waals surface area (Å²) < 4.78 is 1.62. The molecule has 0 radical (unpaired) electrons. The van der Waals surface area contributed by atoms with Gasteiger partial charge in [-0.25, -0.2) is 14.6 Å². The van der Waals surface area contributed by atoms with Gasteiger partial charge in [-0.05, 0) is 29.7 Å². The Morgan fingerprint density at radius 3 is 2.95 bits per heavy atom. The second-order valence-corrected chi connectivity index (χ2v) is 4.01. The van der Waals surface area contributed by atoms with Crippen LogP contribution in [0, 0.1) is 6.92 Å². The molecule has 2 heterocycles. The lowest BCUT2D eigenvalue weighted by molar-refractivity contribution is 0.863. The third-order valence-corrected chi connectivity index (χ3v) is 2.72. The van der Waals surface area contributed by atoms with E-state index in [1.54, 1.807) is 10.9 Å². The Morgan fingerprint density at radius 2 is 2.11 bits per heavy atom. The summed E-state index contributed by atoms with van der Waals surface area (Å²) in [5, 5.41) is 8.81. The van der Waals surface area contributed by atoms with Gasteiger partial charge in [0.05, 0.1) is 11.7 Å². The predicted octanol–water partition coefficient (Wildman–Crippen LogP) is 3.07. The van der Waals surface area contributed by atoms with Gasteiger partial charge in [0, 0.05) is 22.7 Å². The van der Waals surface area contributed by atoms with E-state index in [9.17, 15) is 0 Å². The molecule has 3 aromatic rings. The zero-order valence-electron chi connectivity index (χ0n) is 10.1. The molecular weight excluding hydrogens is 242 g/mol. The molecule has 0 amide bonds. The van der Waals surface area contributed by atoms with Crippen LogP contribution in [0.4, 0.5) is 5.82 Å². The first-order valence-electron chi connectivity index (χ1n) is 5.60. The molecule has 2 aromatic heterocycles. The van der Waals surface area contributed by atoms with Gasteiger partial charge in [0.1, 0.15) is 0 Å². The maximum absolute atomic E-state index is 8.55. The van der Waals surface area contributed by atoms with Crippen LogP contribution in [0.1, 0.15) is 5.56 Å². The summed E-state index contributed by atoms with van der Waals surface area (Å²) in [4.78, 5) is 10.9. The molecule has 0 unspecified atom stereocenters. The number of nitrogens with zero attached hydrogens (tertiary/aromatic N) is 7. The van der Waals surface area contributed by atoms with Crippen molar-refractivity contribution >= 4 is 16.7 Å². The fraction of sp³-hybridized carbons (Fsp3) is 0.0833. The van der Waals surface area contributed by atoms with Crippen molar-refractivity contribution in [1.29, 1.82) is 0 Å². The standard InChI is InChI=1S/C12H9N7/c1-8-2-3-10-9(6-8)7-16-19(10)12-11(17-18-13)14-4-5-15-12/h2-7H,1H3. The highest BCUT2D eigenvalue weighted by atomic mass is 15.3. The maximum atomic E-state index is 8.55. The van der Waals surface area contributed by atoms with Crippen LogP contribution in [-0.4, -0.2) is 19.7 Å². The molecule has 0 aliphatic heterocycles.